The molecule has 4 bridgehead atoms. The zero-order chi connectivity index (χ0) is 15.9. The van der Waals surface area contributed by atoms with Crippen molar-refractivity contribution in [2.75, 3.05) is 10.6 Å². The van der Waals surface area contributed by atoms with Gasteiger partial charge in [-0.05, 0) is 80.0 Å². The third-order valence-electron chi connectivity index (χ3n) is 6.53. The van der Waals surface area contributed by atoms with Gasteiger partial charge in [-0.15, -0.1) is 0 Å². The van der Waals surface area contributed by atoms with E-state index in [0.29, 0.717) is 6.04 Å². The molecular formula is C22H26N2. The Labute approximate surface area is 144 Å². The van der Waals surface area contributed by atoms with Crippen LogP contribution in [0.4, 0.5) is 17.1 Å². The van der Waals surface area contributed by atoms with Gasteiger partial charge in [0, 0.05) is 11.7 Å². The van der Waals surface area contributed by atoms with Gasteiger partial charge in [0.2, 0.25) is 0 Å². The Hall–Kier alpha value is -1.96. The summed E-state index contributed by atoms with van der Waals surface area (Å²) in [5, 5.41) is 7.53. The first-order valence-corrected chi connectivity index (χ1v) is 9.53. The summed E-state index contributed by atoms with van der Waals surface area (Å²) in [5.41, 5.74) is 3.60. The Morgan fingerprint density at radius 1 is 0.625 bits per heavy atom. The van der Waals surface area contributed by atoms with Gasteiger partial charge >= 0.3 is 0 Å². The second kappa shape index (κ2) is 5.84. The van der Waals surface area contributed by atoms with Crippen molar-refractivity contribution in [2.24, 2.45) is 23.7 Å². The molecule has 0 saturated heterocycles. The Bertz CT molecular complexity index is 681. The molecule has 4 fully saturated rings. The van der Waals surface area contributed by atoms with Crippen LogP contribution in [-0.4, -0.2) is 6.04 Å². The monoisotopic (exact) mass is 318 g/mol. The lowest BCUT2D eigenvalue weighted by Gasteiger charge is -2.54. The molecule has 2 aromatic rings. The highest BCUT2D eigenvalue weighted by molar-refractivity contribution is 5.74. The average molecular weight is 318 g/mol. The summed E-state index contributed by atoms with van der Waals surface area (Å²) in [6.45, 7) is 0. The fourth-order valence-electron chi connectivity index (χ4n) is 5.74. The van der Waals surface area contributed by atoms with Crippen LogP contribution < -0.4 is 10.6 Å². The number of hydrogen-bond donors (Lipinski definition) is 2. The molecule has 6 rings (SSSR count). The molecule has 0 radical (unpaired) electrons. The van der Waals surface area contributed by atoms with E-state index in [1.165, 1.54) is 43.5 Å². The summed E-state index contributed by atoms with van der Waals surface area (Å²) < 4.78 is 0. The van der Waals surface area contributed by atoms with Crippen LogP contribution in [0.2, 0.25) is 0 Å². The minimum absolute atomic E-state index is 0.677. The Morgan fingerprint density at radius 2 is 1.21 bits per heavy atom. The van der Waals surface area contributed by atoms with Crippen molar-refractivity contribution >= 4 is 17.1 Å². The van der Waals surface area contributed by atoms with E-state index >= 15 is 0 Å². The number of para-hydroxylation sites is 3. The largest absolute Gasteiger partial charge is 0.380 e. The third-order valence-corrected chi connectivity index (χ3v) is 6.53. The fourth-order valence-corrected chi connectivity index (χ4v) is 5.74. The molecule has 4 aliphatic rings. The summed E-state index contributed by atoms with van der Waals surface area (Å²) in [5.74, 6) is 3.85. The molecule has 4 aliphatic carbocycles. The van der Waals surface area contributed by atoms with Crippen LogP contribution in [0.1, 0.15) is 32.1 Å². The van der Waals surface area contributed by atoms with Gasteiger partial charge in [-0.1, -0.05) is 30.3 Å². The van der Waals surface area contributed by atoms with E-state index < -0.39 is 0 Å². The van der Waals surface area contributed by atoms with Crippen molar-refractivity contribution in [3.63, 3.8) is 0 Å². The lowest BCUT2D eigenvalue weighted by Crippen LogP contribution is -2.51. The predicted octanol–water partition coefficient (Wildman–Crippen LogP) is 5.67. The minimum atomic E-state index is 0.677. The molecule has 24 heavy (non-hydrogen) atoms. The standard InChI is InChI=1S/C22H26N2/c1-2-6-19(7-3-1)23-20-8-4-5-9-21(20)24-22-17-11-15-10-16(13-17)14-18(22)12-15/h1-9,15-18,22-24H,10-14H2. The van der Waals surface area contributed by atoms with Gasteiger partial charge in [0.25, 0.3) is 0 Å². The van der Waals surface area contributed by atoms with E-state index in [-0.39, 0.29) is 0 Å². The van der Waals surface area contributed by atoms with Crippen LogP contribution in [0, 0.1) is 23.7 Å². The van der Waals surface area contributed by atoms with Crippen LogP contribution in [0.5, 0.6) is 0 Å². The van der Waals surface area contributed by atoms with Gasteiger partial charge in [-0.25, -0.2) is 0 Å². The molecule has 0 heterocycles. The van der Waals surface area contributed by atoms with Gasteiger partial charge in [0.1, 0.15) is 0 Å². The zero-order valence-corrected chi connectivity index (χ0v) is 14.1. The zero-order valence-electron chi connectivity index (χ0n) is 14.1. The Kier molecular flexibility index (Phi) is 3.50. The van der Waals surface area contributed by atoms with E-state index in [2.05, 4.69) is 65.2 Å². The van der Waals surface area contributed by atoms with E-state index in [4.69, 9.17) is 0 Å². The molecule has 0 aliphatic heterocycles. The number of benzene rings is 2. The topological polar surface area (TPSA) is 24.1 Å². The normalized spacial score (nSPS) is 33.4. The maximum atomic E-state index is 3.95. The summed E-state index contributed by atoms with van der Waals surface area (Å²) in [4.78, 5) is 0. The molecule has 2 nitrogen and oxygen atoms in total. The van der Waals surface area contributed by atoms with Crippen LogP contribution >= 0.6 is 0 Å². The van der Waals surface area contributed by atoms with Crippen molar-refractivity contribution in [1.29, 1.82) is 0 Å². The molecule has 2 aromatic carbocycles. The van der Waals surface area contributed by atoms with E-state index in [1.807, 2.05) is 0 Å². The van der Waals surface area contributed by atoms with Crippen molar-refractivity contribution in [1.82, 2.24) is 0 Å². The van der Waals surface area contributed by atoms with Gasteiger partial charge in [-0.3, -0.25) is 0 Å². The first-order valence-electron chi connectivity index (χ1n) is 9.53. The molecule has 2 heteroatoms. The summed E-state index contributed by atoms with van der Waals surface area (Å²) in [6.07, 6.45) is 7.35. The van der Waals surface area contributed by atoms with E-state index in [1.54, 1.807) is 0 Å². The molecule has 2 N–H and O–H groups in total. The van der Waals surface area contributed by atoms with Crippen LogP contribution in [0.3, 0.4) is 0 Å². The maximum absolute atomic E-state index is 3.95. The van der Waals surface area contributed by atoms with Crippen LogP contribution in [0.25, 0.3) is 0 Å². The second-order valence-electron chi connectivity index (χ2n) is 8.14. The number of anilines is 3. The Morgan fingerprint density at radius 3 is 1.88 bits per heavy atom. The third kappa shape index (κ3) is 2.58. The molecule has 0 aromatic heterocycles. The van der Waals surface area contributed by atoms with Gasteiger partial charge < -0.3 is 10.6 Å². The fraction of sp³-hybridized carbons (Fsp3) is 0.455. The molecule has 0 spiro atoms. The molecule has 0 atom stereocenters. The van der Waals surface area contributed by atoms with Gasteiger partial charge in [0.05, 0.1) is 11.4 Å². The smallest absolute Gasteiger partial charge is 0.0620 e. The SMILES string of the molecule is c1ccc(Nc2ccccc2NC2C3CC4CC(C3)CC2C4)cc1. The second-order valence-corrected chi connectivity index (χ2v) is 8.14. The highest BCUT2D eigenvalue weighted by Crippen LogP contribution is 2.54. The predicted molar refractivity (Wildman–Crippen MR) is 101 cm³/mol. The quantitative estimate of drug-likeness (QED) is 0.759. The molecule has 0 amide bonds. The molecule has 124 valence electrons. The highest BCUT2D eigenvalue weighted by atomic mass is 15.0. The van der Waals surface area contributed by atoms with Crippen LogP contribution in [0.15, 0.2) is 54.6 Å². The molecule has 0 unspecified atom stereocenters. The summed E-state index contributed by atoms with van der Waals surface area (Å²) in [7, 11) is 0. The first kappa shape index (κ1) is 14.4. The van der Waals surface area contributed by atoms with Crippen molar-refractivity contribution in [3.8, 4) is 0 Å². The highest BCUT2D eigenvalue weighted by Gasteiger charge is 2.48. The van der Waals surface area contributed by atoms with E-state index in [9.17, 15) is 0 Å². The summed E-state index contributed by atoms with van der Waals surface area (Å²) >= 11 is 0. The summed E-state index contributed by atoms with van der Waals surface area (Å²) in [6, 6.07) is 19.8. The lowest BCUT2D eigenvalue weighted by atomic mass is 9.54. The average Bonchev–Trinajstić information content (AvgIpc) is 2.60. The maximum Gasteiger partial charge on any atom is 0.0620 e. The van der Waals surface area contributed by atoms with Crippen molar-refractivity contribution < 1.29 is 0 Å². The van der Waals surface area contributed by atoms with Gasteiger partial charge in [0.15, 0.2) is 0 Å². The Balaban J connectivity index is 1.38. The number of hydrogen-bond acceptors (Lipinski definition) is 2. The van der Waals surface area contributed by atoms with Crippen molar-refractivity contribution in [3.05, 3.63) is 54.6 Å². The van der Waals surface area contributed by atoms with Crippen molar-refractivity contribution in [2.45, 2.75) is 38.1 Å². The van der Waals surface area contributed by atoms with Gasteiger partial charge in [-0.2, -0.15) is 0 Å². The lowest BCUT2D eigenvalue weighted by molar-refractivity contribution is 0.00756. The molecule has 4 saturated carbocycles. The minimum Gasteiger partial charge on any atom is -0.380 e. The number of nitrogens with one attached hydrogen (secondary N) is 2. The number of rotatable bonds is 4. The first-order chi connectivity index (χ1) is 11.8. The van der Waals surface area contributed by atoms with E-state index in [0.717, 1.165) is 29.4 Å². The van der Waals surface area contributed by atoms with Crippen LogP contribution in [-0.2, 0) is 0 Å². The molecular weight excluding hydrogens is 292 g/mol.